The summed E-state index contributed by atoms with van der Waals surface area (Å²) in [5.41, 5.74) is 2.89. The molecule has 0 aromatic carbocycles. The van der Waals surface area contributed by atoms with Gasteiger partial charge in [-0.05, 0) is 50.2 Å². The number of hydrogen-bond acceptors (Lipinski definition) is 6. The smallest absolute Gasteiger partial charge is 0.273 e. The number of nitrogens with zero attached hydrogens (tertiary/aromatic N) is 6. The predicted octanol–water partition coefficient (Wildman–Crippen LogP) is 0.883. The van der Waals surface area contributed by atoms with Crippen LogP contribution in [0.4, 0.5) is 5.82 Å². The highest BCUT2D eigenvalue weighted by Crippen LogP contribution is 2.24. The van der Waals surface area contributed by atoms with Crippen LogP contribution in [0.1, 0.15) is 47.4 Å². The quantitative estimate of drug-likeness (QED) is 0.892. The summed E-state index contributed by atoms with van der Waals surface area (Å²) in [6.45, 7) is 1.75. The van der Waals surface area contributed by atoms with Crippen LogP contribution in [-0.2, 0) is 19.9 Å². The van der Waals surface area contributed by atoms with E-state index in [1.54, 1.807) is 13.2 Å². The molecule has 1 aliphatic carbocycles. The monoisotopic (exact) mass is 341 g/mol. The predicted molar refractivity (Wildman–Crippen MR) is 92.4 cm³/mol. The van der Waals surface area contributed by atoms with Gasteiger partial charge in [0.15, 0.2) is 11.5 Å². The summed E-state index contributed by atoms with van der Waals surface area (Å²) in [5, 5.41) is 19.6. The number of aryl methyl sites for hydroxylation is 3. The number of amides is 1. The highest BCUT2D eigenvalue weighted by atomic mass is 16.2. The number of carbonyl (C=O) groups is 1. The zero-order chi connectivity index (χ0) is 17.2. The van der Waals surface area contributed by atoms with Crippen LogP contribution in [0.5, 0.6) is 0 Å². The lowest BCUT2D eigenvalue weighted by molar-refractivity contribution is 0.0926. The van der Waals surface area contributed by atoms with Crippen molar-refractivity contribution in [1.29, 1.82) is 0 Å². The highest BCUT2D eigenvalue weighted by Gasteiger charge is 2.24. The number of carbonyl (C=O) groups excluding carboxylic acids is 1. The zero-order valence-corrected chi connectivity index (χ0v) is 14.5. The molecule has 0 radical (unpaired) electrons. The van der Waals surface area contributed by atoms with Gasteiger partial charge in [-0.15, -0.1) is 10.2 Å². The fourth-order valence-corrected chi connectivity index (χ4v) is 3.60. The van der Waals surface area contributed by atoms with Gasteiger partial charge in [-0.3, -0.25) is 9.48 Å². The fourth-order valence-electron chi connectivity index (χ4n) is 3.60. The van der Waals surface area contributed by atoms with E-state index in [2.05, 4.69) is 36.8 Å². The van der Waals surface area contributed by atoms with Gasteiger partial charge in [0.05, 0.1) is 11.9 Å². The molecule has 132 valence electrons. The van der Waals surface area contributed by atoms with Gasteiger partial charge < -0.3 is 10.2 Å². The van der Waals surface area contributed by atoms with E-state index < -0.39 is 0 Å². The normalized spacial score (nSPS) is 18.0. The van der Waals surface area contributed by atoms with E-state index in [1.165, 1.54) is 28.8 Å². The molecule has 3 heterocycles. The third-order valence-electron chi connectivity index (χ3n) is 5.05. The Balaban J connectivity index is 1.34. The van der Waals surface area contributed by atoms with Crippen molar-refractivity contribution in [3.8, 4) is 0 Å². The molecule has 1 amide bonds. The molecular formula is C17H23N7O. The summed E-state index contributed by atoms with van der Waals surface area (Å²) in [5.74, 6) is 0.819. The van der Waals surface area contributed by atoms with Crippen molar-refractivity contribution in [1.82, 2.24) is 30.5 Å². The Morgan fingerprint density at radius 2 is 1.96 bits per heavy atom. The van der Waals surface area contributed by atoms with Crippen molar-refractivity contribution in [2.45, 2.75) is 44.6 Å². The number of hydrogen-bond donors (Lipinski definition) is 1. The van der Waals surface area contributed by atoms with Gasteiger partial charge in [0.2, 0.25) is 0 Å². The average Bonchev–Trinajstić information content (AvgIpc) is 3.08. The van der Waals surface area contributed by atoms with Gasteiger partial charge in [-0.25, -0.2) is 0 Å². The fraction of sp³-hybridized carbons (Fsp3) is 0.588. The van der Waals surface area contributed by atoms with E-state index in [9.17, 15) is 4.79 Å². The standard InChI is InChI=1S/C17H23N7O/c1-23-11-15(20-22-23)17(25)18-13-6-8-24(9-7-13)16-10-12-4-2-3-5-14(12)19-21-16/h10-11,13H,2-9H2,1H3,(H,18,25). The molecule has 2 aromatic rings. The largest absolute Gasteiger partial charge is 0.355 e. The molecule has 0 bridgehead atoms. The van der Waals surface area contributed by atoms with Gasteiger partial charge in [-0.2, -0.15) is 5.10 Å². The minimum Gasteiger partial charge on any atom is -0.355 e. The van der Waals surface area contributed by atoms with Crippen LogP contribution in [0.15, 0.2) is 12.3 Å². The van der Waals surface area contributed by atoms with Crippen LogP contribution in [0.25, 0.3) is 0 Å². The van der Waals surface area contributed by atoms with Crippen molar-refractivity contribution >= 4 is 11.7 Å². The van der Waals surface area contributed by atoms with Gasteiger partial charge in [0.1, 0.15) is 0 Å². The summed E-state index contributed by atoms with van der Waals surface area (Å²) < 4.78 is 1.53. The van der Waals surface area contributed by atoms with E-state index in [-0.39, 0.29) is 11.9 Å². The molecule has 2 aliphatic rings. The topological polar surface area (TPSA) is 88.8 Å². The van der Waals surface area contributed by atoms with Crippen LogP contribution in [0.2, 0.25) is 0 Å². The lowest BCUT2D eigenvalue weighted by Gasteiger charge is -2.33. The Bertz CT molecular complexity index is 764. The van der Waals surface area contributed by atoms with E-state index in [0.29, 0.717) is 5.69 Å². The molecule has 0 unspecified atom stereocenters. The molecular weight excluding hydrogens is 318 g/mol. The van der Waals surface area contributed by atoms with E-state index in [4.69, 9.17) is 0 Å². The molecule has 25 heavy (non-hydrogen) atoms. The molecule has 1 N–H and O–H groups in total. The molecule has 1 saturated heterocycles. The van der Waals surface area contributed by atoms with Gasteiger partial charge in [0, 0.05) is 26.2 Å². The minimum absolute atomic E-state index is 0.153. The van der Waals surface area contributed by atoms with Crippen LogP contribution >= 0.6 is 0 Å². The minimum atomic E-state index is -0.153. The van der Waals surface area contributed by atoms with Crippen LogP contribution in [0, 0.1) is 0 Å². The second kappa shape index (κ2) is 6.78. The van der Waals surface area contributed by atoms with Crippen molar-refractivity contribution in [3.05, 3.63) is 29.2 Å². The first-order valence-electron chi connectivity index (χ1n) is 8.96. The number of piperidine rings is 1. The molecule has 4 rings (SSSR count). The Hall–Kier alpha value is -2.51. The van der Waals surface area contributed by atoms with Crippen LogP contribution in [0.3, 0.4) is 0 Å². The van der Waals surface area contributed by atoms with E-state index in [0.717, 1.165) is 44.6 Å². The number of nitrogens with one attached hydrogen (secondary N) is 1. The number of rotatable bonds is 3. The van der Waals surface area contributed by atoms with E-state index >= 15 is 0 Å². The molecule has 0 spiro atoms. The second-order valence-electron chi connectivity index (χ2n) is 6.89. The molecule has 1 fully saturated rings. The summed E-state index contributed by atoms with van der Waals surface area (Å²) in [4.78, 5) is 14.4. The zero-order valence-electron chi connectivity index (χ0n) is 14.5. The molecule has 0 atom stereocenters. The molecule has 8 heteroatoms. The Labute approximate surface area is 146 Å². The van der Waals surface area contributed by atoms with Crippen LogP contribution in [-0.4, -0.2) is 50.2 Å². The molecule has 2 aromatic heterocycles. The Morgan fingerprint density at radius 3 is 2.72 bits per heavy atom. The lowest BCUT2D eigenvalue weighted by atomic mass is 9.96. The molecule has 0 saturated carbocycles. The third-order valence-corrected chi connectivity index (χ3v) is 5.05. The maximum Gasteiger partial charge on any atom is 0.273 e. The maximum absolute atomic E-state index is 12.2. The lowest BCUT2D eigenvalue weighted by Crippen LogP contribution is -2.45. The van der Waals surface area contributed by atoms with Crippen molar-refractivity contribution in [2.75, 3.05) is 18.0 Å². The van der Waals surface area contributed by atoms with Crippen molar-refractivity contribution in [2.24, 2.45) is 7.05 Å². The van der Waals surface area contributed by atoms with E-state index in [1.807, 2.05) is 0 Å². The first kappa shape index (κ1) is 16.0. The number of fused-ring (bicyclic) bond motifs is 1. The Morgan fingerprint density at radius 1 is 1.16 bits per heavy atom. The van der Waals surface area contributed by atoms with Gasteiger partial charge in [-0.1, -0.05) is 5.21 Å². The summed E-state index contributed by atoms with van der Waals surface area (Å²) in [6, 6.07) is 2.37. The Kier molecular flexibility index (Phi) is 4.33. The number of anilines is 1. The summed E-state index contributed by atoms with van der Waals surface area (Å²) >= 11 is 0. The van der Waals surface area contributed by atoms with Gasteiger partial charge >= 0.3 is 0 Å². The van der Waals surface area contributed by atoms with Crippen molar-refractivity contribution < 1.29 is 4.79 Å². The second-order valence-corrected chi connectivity index (χ2v) is 6.89. The van der Waals surface area contributed by atoms with Crippen LogP contribution < -0.4 is 10.2 Å². The summed E-state index contributed by atoms with van der Waals surface area (Å²) in [7, 11) is 1.75. The first-order chi connectivity index (χ1) is 12.2. The SMILES string of the molecule is Cn1cc(C(=O)NC2CCN(c3cc4c(nn3)CCCC4)CC2)nn1. The maximum atomic E-state index is 12.2. The highest BCUT2D eigenvalue weighted by molar-refractivity contribution is 5.92. The third kappa shape index (κ3) is 3.47. The first-order valence-corrected chi connectivity index (χ1v) is 8.96. The average molecular weight is 341 g/mol. The summed E-state index contributed by atoms with van der Waals surface area (Å²) in [6.07, 6.45) is 8.05. The van der Waals surface area contributed by atoms with Crippen molar-refractivity contribution in [3.63, 3.8) is 0 Å². The van der Waals surface area contributed by atoms with Gasteiger partial charge in [0.25, 0.3) is 5.91 Å². The number of aromatic nitrogens is 5. The molecule has 1 aliphatic heterocycles. The molecule has 8 nitrogen and oxygen atoms in total.